The van der Waals surface area contributed by atoms with Crippen LogP contribution in [0, 0.1) is 0 Å². The summed E-state index contributed by atoms with van der Waals surface area (Å²) in [4.78, 5) is 26.0. The Morgan fingerprint density at radius 1 is 0.953 bits per heavy atom. The smallest absolute Gasteiger partial charge is 0.416 e. The van der Waals surface area contributed by atoms with E-state index in [0.717, 1.165) is 31.4 Å². The van der Waals surface area contributed by atoms with Gasteiger partial charge in [-0.3, -0.25) is 0 Å². The monoisotopic (exact) mass is 604 g/mol. The van der Waals surface area contributed by atoms with E-state index in [1.54, 1.807) is 13.8 Å². The van der Waals surface area contributed by atoms with Crippen molar-refractivity contribution in [2.24, 2.45) is 0 Å². The number of dihydropyridines is 1. The van der Waals surface area contributed by atoms with Crippen LogP contribution in [-0.2, 0) is 25.2 Å². The van der Waals surface area contributed by atoms with E-state index in [-0.39, 0.29) is 29.9 Å². The first-order valence-corrected chi connectivity index (χ1v) is 14.2. The molecule has 1 heterocycles. The molecule has 2 aromatic rings. The zero-order valence-electron chi connectivity index (χ0n) is 24.6. The SMILES string of the molecule is COC(=O)C1=C(C)NC(C)=C(C(=O)OCCCCCCNCC(O)COc2ccccc2)C1c1cccc(C(F)(F)F)c1. The lowest BCUT2D eigenvalue weighted by molar-refractivity contribution is -0.139. The van der Waals surface area contributed by atoms with E-state index < -0.39 is 35.7 Å². The van der Waals surface area contributed by atoms with E-state index in [9.17, 15) is 27.9 Å². The normalized spacial score (nSPS) is 16.0. The van der Waals surface area contributed by atoms with Crippen molar-refractivity contribution in [1.82, 2.24) is 10.6 Å². The van der Waals surface area contributed by atoms with Crippen molar-refractivity contribution in [2.75, 3.05) is 33.4 Å². The number of allylic oxidation sites excluding steroid dienone is 2. The van der Waals surface area contributed by atoms with Gasteiger partial charge < -0.3 is 30.0 Å². The quantitative estimate of drug-likeness (QED) is 0.187. The summed E-state index contributed by atoms with van der Waals surface area (Å²) in [6, 6.07) is 13.8. The number of carbonyl (C=O) groups excluding carboxylic acids is 2. The highest BCUT2D eigenvalue weighted by Gasteiger charge is 2.39. The number of unbranched alkanes of at least 4 members (excludes halogenated alkanes) is 3. The standard InChI is InChI=1S/C32H39F3N2O6/c1-21-27(30(39)41-3)29(23-12-11-13-24(18-23)32(33,34)35)28(22(2)37-21)31(40)42-17-10-5-4-9-16-36-19-25(38)20-43-26-14-7-6-8-15-26/h6-8,11-15,18,25,29,36-38H,4-5,9-10,16-17,19-20H2,1-3H3. The molecule has 0 aromatic heterocycles. The Labute approximate surface area is 249 Å². The summed E-state index contributed by atoms with van der Waals surface area (Å²) < 4.78 is 56.4. The Hall–Kier alpha value is -3.83. The Morgan fingerprint density at radius 2 is 1.63 bits per heavy atom. The molecule has 11 heteroatoms. The van der Waals surface area contributed by atoms with Crippen molar-refractivity contribution in [1.29, 1.82) is 0 Å². The van der Waals surface area contributed by atoms with Crippen LogP contribution in [0.15, 0.2) is 77.1 Å². The summed E-state index contributed by atoms with van der Waals surface area (Å²) in [5.41, 5.74) is 0.119. The number of hydrogen-bond donors (Lipinski definition) is 3. The Morgan fingerprint density at radius 3 is 2.30 bits per heavy atom. The highest BCUT2D eigenvalue weighted by Crippen LogP contribution is 2.41. The number of halogens is 3. The van der Waals surface area contributed by atoms with Crippen molar-refractivity contribution in [2.45, 2.75) is 57.7 Å². The first kappa shape index (κ1) is 33.7. The minimum atomic E-state index is -4.60. The van der Waals surface area contributed by atoms with Crippen LogP contribution >= 0.6 is 0 Å². The maximum Gasteiger partial charge on any atom is 0.416 e. The number of esters is 2. The van der Waals surface area contributed by atoms with E-state index in [1.807, 2.05) is 30.3 Å². The van der Waals surface area contributed by atoms with Gasteiger partial charge in [0, 0.05) is 17.9 Å². The second-order valence-corrected chi connectivity index (χ2v) is 10.3. The molecule has 8 nitrogen and oxygen atoms in total. The van der Waals surface area contributed by atoms with Crippen molar-refractivity contribution < 1.29 is 42.1 Å². The maximum absolute atomic E-state index is 13.5. The molecule has 0 radical (unpaired) electrons. The fraction of sp³-hybridized carbons (Fsp3) is 0.438. The van der Waals surface area contributed by atoms with Crippen LogP contribution in [0.3, 0.4) is 0 Å². The van der Waals surface area contributed by atoms with Gasteiger partial charge in [0.25, 0.3) is 0 Å². The van der Waals surface area contributed by atoms with E-state index in [1.165, 1.54) is 19.2 Å². The molecule has 0 spiro atoms. The van der Waals surface area contributed by atoms with Gasteiger partial charge in [-0.25, -0.2) is 9.59 Å². The lowest BCUT2D eigenvalue weighted by Gasteiger charge is -2.30. The van der Waals surface area contributed by atoms with Gasteiger partial charge in [0.1, 0.15) is 18.5 Å². The fourth-order valence-electron chi connectivity index (χ4n) is 4.86. The fourth-order valence-corrected chi connectivity index (χ4v) is 4.86. The van der Waals surface area contributed by atoms with E-state index in [0.29, 0.717) is 36.7 Å². The van der Waals surface area contributed by atoms with Gasteiger partial charge in [0.2, 0.25) is 0 Å². The van der Waals surface area contributed by atoms with Gasteiger partial charge in [0.15, 0.2) is 0 Å². The van der Waals surface area contributed by atoms with Crippen LogP contribution in [0.2, 0.25) is 0 Å². The number of hydrogen-bond acceptors (Lipinski definition) is 8. The van der Waals surface area contributed by atoms with Gasteiger partial charge in [-0.2, -0.15) is 13.2 Å². The third-order valence-corrected chi connectivity index (χ3v) is 6.98. The third kappa shape index (κ3) is 9.86. The van der Waals surface area contributed by atoms with Gasteiger partial charge in [-0.05, 0) is 57.0 Å². The Kier molecular flexibility index (Phi) is 12.6. The number of carbonyl (C=O) groups is 2. The van der Waals surface area contributed by atoms with Gasteiger partial charge in [-0.15, -0.1) is 0 Å². The van der Waals surface area contributed by atoms with E-state index in [2.05, 4.69) is 10.6 Å². The molecule has 0 bridgehead atoms. The second kappa shape index (κ2) is 16.1. The first-order valence-electron chi connectivity index (χ1n) is 14.2. The molecule has 2 unspecified atom stereocenters. The molecule has 2 atom stereocenters. The molecule has 1 aliphatic heterocycles. The number of aliphatic hydroxyl groups excluding tert-OH is 1. The molecule has 0 saturated carbocycles. The number of para-hydroxylation sites is 1. The van der Waals surface area contributed by atoms with Crippen LogP contribution in [0.1, 0.15) is 56.6 Å². The number of ether oxygens (including phenoxy) is 3. The largest absolute Gasteiger partial charge is 0.491 e. The molecule has 234 valence electrons. The first-order chi connectivity index (χ1) is 20.5. The molecule has 43 heavy (non-hydrogen) atoms. The summed E-state index contributed by atoms with van der Waals surface area (Å²) in [6.07, 6.45) is -2.13. The highest BCUT2D eigenvalue weighted by molar-refractivity contribution is 5.99. The summed E-state index contributed by atoms with van der Waals surface area (Å²) >= 11 is 0. The van der Waals surface area contributed by atoms with Crippen molar-refractivity contribution in [3.8, 4) is 5.75 Å². The number of nitrogens with one attached hydrogen (secondary N) is 2. The molecule has 0 amide bonds. The molecular formula is C32H39F3N2O6. The summed E-state index contributed by atoms with van der Waals surface area (Å²) in [6.45, 7) is 4.64. The second-order valence-electron chi connectivity index (χ2n) is 10.3. The van der Waals surface area contributed by atoms with Crippen LogP contribution in [-0.4, -0.2) is 56.6 Å². The van der Waals surface area contributed by atoms with E-state index >= 15 is 0 Å². The molecule has 0 saturated heterocycles. The zero-order valence-corrected chi connectivity index (χ0v) is 24.6. The van der Waals surface area contributed by atoms with E-state index in [4.69, 9.17) is 14.2 Å². The lowest BCUT2D eigenvalue weighted by Crippen LogP contribution is -2.32. The number of benzene rings is 2. The molecule has 3 N–H and O–H groups in total. The van der Waals surface area contributed by atoms with Crippen LogP contribution < -0.4 is 15.4 Å². The number of methoxy groups -OCH3 is 1. The van der Waals surface area contributed by atoms with Gasteiger partial charge >= 0.3 is 18.1 Å². The zero-order chi connectivity index (χ0) is 31.4. The molecule has 3 rings (SSSR count). The lowest BCUT2D eigenvalue weighted by atomic mass is 9.80. The number of aliphatic hydroxyl groups is 1. The highest BCUT2D eigenvalue weighted by atomic mass is 19.4. The minimum absolute atomic E-state index is 0.0450. The predicted molar refractivity (Wildman–Crippen MR) is 155 cm³/mol. The number of rotatable bonds is 15. The van der Waals surface area contributed by atoms with Crippen LogP contribution in [0.4, 0.5) is 13.2 Å². The predicted octanol–water partition coefficient (Wildman–Crippen LogP) is 5.25. The average Bonchev–Trinajstić information content (AvgIpc) is 2.98. The topological polar surface area (TPSA) is 106 Å². The molecule has 1 aliphatic rings. The summed E-state index contributed by atoms with van der Waals surface area (Å²) in [5.74, 6) is -1.86. The van der Waals surface area contributed by atoms with Crippen LogP contribution in [0.25, 0.3) is 0 Å². The van der Waals surface area contributed by atoms with Crippen LogP contribution in [0.5, 0.6) is 5.75 Å². The average molecular weight is 605 g/mol. The minimum Gasteiger partial charge on any atom is -0.491 e. The van der Waals surface area contributed by atoms with Gasteiger partial charge in [0.05, 0.1) is 36.3 Å². The van der Waals surface area contributed by atoms with Gasteiger partial charge in [-0.1, -0.05) is 49.2 Å². The Bertz CT molecular complexity index is 1290. The van der Waals surface area contributed by atoms with Crippen molar-refractivity contribution in [3.63, 3.8) is 0 Å². The van der Waals surface area contributed by atoms with Crippen molar-refractivity contribution >= 4 is 11.9 Å². The number of alkyl halides is 3. The third-order valence-electron chi connectivity index (χ3n) is 6.98. The Balaban J connectivity index is 1.49. The summed E-state index contributed by atoms with van der Waals surface area (Å²) in [7, 11) is 1.17. The maximum atomic E-state index is 13.5. The summed E-state index contributed by atoms with van der Waals surface area (Å²) in [5, 5.41) is 16.2. The molecular weight excluding hydrogens is 565 g/mol. The molecule has 0 fully saturated rings. The molecule has 0 aliphatic carbocycles. The molecule has 2 aromatic carbocycles. The van der Waals surface area contributed by atoms with Crippen molar-refractivity contribution in [3.05, 3.63) is 88.3 Å².